The van der Waals surface area contributed by atoms with Gasteiger partial charge in [-0.3, -0.25) is 14.4 Å². The van der Waals surface area contributed by atoms with Crippen LogP contribution in [0.2, 0.25) is 0 Å². The molecule has 0 aliphatic heterocycles. The number of hydrogen-bond donors (Lipinski definition) is 5. The van der Waals surface area contributed by atoms with Crippen molar-refractivity contribution in [1.29, 1.82) is 0 Å². The first-order valence-electron chi connectivity index (χ1n) is 7.16. The van der Waals surface area contributed by atoms with E-state index in [0.717, 1.165) is 0 Å². The molecule has 0 rings (SSSR count). The van der Waals surface area contributed by atoms with E-state index in [9.17, 15) is 19.2 Å². The number of carboxylic acids is 2. The summed E-state index contributed by atoms with van der Waals surface area (Å²) in [7, 11) is 0. The Bertz CT molecular complexity index is 472. The van der Waals surface area contributed by atoms with Crippen LogP contribution in [0, 0.1) is 0 Å². The fourth-order valence-electron chi connectivity index (χ4n) is 1.79. The molecule has 9 nitrogen and oxygen atoms in total. The second-order valence-corrected chi connectivity index (χ2v) is 6.34. The summed E-state index contributed by atoms with van der Waals surface area (Å²) in [4.78, 5) is 45.3. The average Bonchev–Trinajstić information content (AvgIpc) is 2.34. The number of nitrogens with one attached hydrogen (secondary N) is 3. The molecule has 0 aromatic carbocycles. The number of carboxylic acid groups (broad SMARTS) is 2. The highest BCUT2D eigenvalue weighted by Gasteiger charge is 2.27. The van der Waals surface area contributed by atoms with Crippen molar-refractivity contribution in [3.8, 4) is 0 Å². The second kappa shape index (κ2) is 8.47. The van der Waals surface area contributed by atoms with E-state index in [2.05, 4.69) is 16.0 Å². The summed E-state index contributed by atoms with van der Waals surface area (Å²) < 4.78 is 0. The third kappa shape index (κ3) is 8.77. The molecule has 23 heavy (non-hydrogen) atoms. The number of amides is 2. The minimum Gasteiger partial charge on any atom is -0.481 e. The molecule has 0 bridgehead atoms. The minimum atomic E-state index is -1.55. The first-order chi connectivity index (χ1) is 10.3. The van der Waals surface area contributed by atoms with Gasteiger partial charge in [-0.05, 0) is 34.6 Å². The highest BCUT2D eigenvalue weighted by Crippen LogP contribution is 2.01. The van der Waals surface area contributed by atoms with Crippen molar-refractivity contribution >= 4 is 23.8 Å². The van der Waals surface area contributed by atoms with Gasteiger partial charge < -0.3 is 26.2 Å². The molecular formula is C14H25N3O6. The molecule has 0 aromatic heterocycles. The van der Waals surface area contributed by atoms with Crippen LogP contribution in [0.5, 0.6) is 0 Å². The molecule has 3 unspecified atom stereocenters. The van der Waals surface area contributed by atoms with Crippen molar-refractivity contribution in [1.82, 2.24) is 16.0 Å². The number of hydrogen-bond acceptors (Lipinski definition) is 5. The zero-order valence-electron chi connectivity index (χ0n) is 14.0. The van der Waals surface area contributed by atoms with Crippen molar-refractivity contribution < 1.29 is 29.4 Å². The quantitative estimate of drug-likeness (QED) is 0.396. The lowest BCUT2D eigenvalue weighted by Gasteiger charge is -2.26. The monoisotopic (exact) mass is 331 g/mol. The largest absolute Gasteiger partial charge is 0.481 e. The van der Waals surface area contributed by atoms with Gasteiger partial charge in [-0.2, -0.15) is 0 Å². The molecule has 5 N–H and O–H groups in total. The van der Waals surface area contributed by atoms with Crippen LogP contribution in [0.15, 0.2) is 0 Å². The van der Waals surface area contributed by atoms with Gasteiger partial charge in [-0.1, -0.05) is 0 Å². The van der Waals surface area contributed by atoms with Crippen molar-refractivity contribution in [3.63, 3.8) is 0 Å². The van der Waals surface area contributed by atoms with E-state index in [1.54, 1.807) is 6.92 Å². The Morgan fingerprint density at radius 3 is 1.78 bits per heavy atom. The third-order valence-corrected chi connectivity index (χ3v) is 2.79. The van der Waals surface area contributed by atoms with Crippen molar-refractivity contribution in [2.24, 2.45) is 0 Å². The molecule has 3 atom stereocenters. The Labute approximate surface area is 134 Å². The maximum atomic E-state index is 12.0. The van der Waals surface area contributed by atoms with Crippen LogP contribution in [0.4, 0.5) is 0 Å². The van der Waals surface area contributed by atoms with E-state index < -0.39 is 48.3 Å². The smallest absolute Gasteiger partial charge is 0.326 e. The highest BCUT2D eigenvalue weighted by molar-refractivity contribution is 5.92. The normalized spacial score (nSPS) is 15.2. The van der Waals surface area contributed by atoms with Crippen LogP contribution in [0.3, 0.4) is 0 Å². The minimum absolute atomic E-state index is 0.294. The van der Waals surface area contributed by atoms with Gasteiger partial charge in [0.05, 0.1) is 12.5 Å². The molecule has 0 fully saturated rings. The lowest BCUT2D eigenvalue weighted by molar-refractivity contribution is -0.147. The number of carbonyl (C=O) groups excluding carboxylic acids is 2. The number of rotatable bonds is 8. The summed E-state index contributed by atoms with van der Waals surface area (Å²) in [6.07, 6.45) is -0.746. The molecule has 0 radical (unpaired) electrons. The maximum absolute atomic E-state index is 12.0. The Morgan fingerprint density at radius 1 is 0.913 bits per heavy atom. The van der Waals surface area contributed by atoms with Gasteiger partial charge >= 0.3 is 11.9 Å². The topological polar surface area (TPSA) is 145 Å². The molecule has 0 heterocycles. The van der Waals surface area contributed by atoms with Gasteiger partial charge in [0.2, 0.25) is 11.8 Å². The van der Waals surface area contributed by atoms with Gasteiger partial charge in [0, 0.05) is 5.54 Å². The Balaban J connectivity index is 4.62. The van der Waals surface area contributed by atoms with Crippen LogP contribution in [0.25, 0.3) is 0 Å². The maximum Gasteiger partial charge on any atom is 0.326 e. The third-order valence-electron chi connectivity index (χ3n) is 2.79. The summed E-state index contributed by atoms with van der Waals surface area (Å²) in [5.74, 6) is -4.00. The van der Waals surface area contributed by atoms with E-state index >= 15 is 0 Å². The van der Waals surface area contributed by atoms with Gasteiger partial charge in [0.15, 0.2) is 0 Å². The summed E-state index contributed by atoms with van der Waals surface area (Å²) in [6, 6.07) is -3.11. The molecule has 0 saturated heterocycles. The zero-order chi connectivity index (χ0) is 18.4. The van der Waals surface area contributed by atoms with Gasteiger partial charge in [0.25, 0.3) is 0 Å². The number of carbonyl (C=O) groups is 4. The molecular weight excluding hydrogens is 306 g/mol. The number of aliphatic carboxylic acids is 2. The first kappa shape index (κ1) is 20.8. The Kier molecular flexibility index (Phi) is 7.67. The van der Waals surface area contributed by atoms with Crippen LogP contribution < -0.4 is 16.0 Å². The molecule has 0 spiro atoms. The van der Waals surface area contributed by atoms with Gasteiger partial charge in [-0.25, -0.2) is 4.79 Å². The Morgan fingerprint density at radius 2 is 1.39 bits per heavy atom. The summed E-state index contributed by atoms with van der Waals surface area (Å²) in [5, 5.41) is 25.1. The van der Waals surface area contributed by atoms with Crippen molar-refractivity contribution in [3.05, 3.63) is 0 Å². The Hall–Kier alpha value is -2.16. The van der Waals surface area contributed by atoms with E-state index in [1.807, 2.05) is 20.8 Å². The van der Waals surface area contributed by atoms with E-state index in [4.69, 9.17) is 10.2 Å². The molecule has 0 aliphatic rings. The summed E-state index contributed by atoms with van der Waals surface area (Å²) in [6.45, 7) is 8.68. The molecule has 0 aromatic rings. The lowest BCUT2D eigenvalue weighted by Crippen LogP contribution is -2.55. The van der Waals surface area contributed by atoms with Gasteiger partial charge in [0.1, 0.15) is 12.1 Å². The molecule has 132 valence electrons. The van der Waals surface area contributed by atoms with Crippen LogP contribution in [0.1, 0.15) is 41.0 Å². The highest BCUT2D eigenvalue weighted by atomic mass is 16.4. The van der Waals surface area contributed by atoms with E-state index in [1.165, 1.54) is 6.92 Å². The summed E-state index contributed by atoms with van der Waals surface area (Å²) in [5.41, 5.74) is -0.294. The van der Waals surface area contributed by atoms with Crippen molar-refractivity contribution in [2.45, 2.75) is 64.7 Å². The van der Waals surface area contributed by atoms with Crippen LogP contribution in [-0.2, 0) is 19.2 Å². The van der Waals surface area contributed by atoms with Crippen LogP contribution >= 0.6 is 0 Å². The predicted octanol–water partition coefficient (Wildman–Crippen LogP) is -0.688. The SMILES string of the molecule is CC(NC(=O)C(C)NC(C)(C)C)C(=O)NC(CC(=O)O)C(=O)O. The zero-order valence-corrected chi connectivity index (χ0v) is 14.0. The first-order valence-corrected chi connectivity index (χ1v) is 7.16. The summed E-state index contributed by atoms with van der Waals surface area (Å²) >= 11 is 0. The predicted molar refractivity (Wildman–Crippen MR) is 81.8 cm³/mol. The van der Waals surface area contributed by atoms with E-state index in [-0.39, 0.29) is 5.54 Å². The van der Waals surface area contributed by atoms with Crippen LogP contribution in [-0.4, -0.2) is 57.6 Å². The molecule has 9 heteroatoms. The molecule has 0 saturated carbocycles. The molecule has 0 aliphatic carbocycles. The van der Waals surface area contributed by atoms with Gasteiger partial charge in [-0.15, -0.1) is 0 Å². The van der Waals surface area contributed by atoms with Crippen molar-refractivity contribution in [2.75, 3.05) is 0 Å². The molecule has 2 amide bonds. The fourth-order valence-corrected chi connectivity index (χ4v) is 1.79. The van der Waals surface area contributed by atoms with E-state index in [0.29, 0.717) is 0 Å². The fraction of sp³-hybridized carbons (Fsp3) is 0.714. The average molecular weight is 331 g/mol. The lowest BCUT2D eigenvalue weighted by atomic mass is 10.1. The standard InChI is InChI=1S/C14H25N3O6/c1-7(15-12(21)8(2)17-14(3,4)5)11(20)16-9(13(22)23)6-10(18)19/h7-9,17H,6H2,1-5H3,(H,15,21)(H,16,20)(H,18,19)(H,22,23). The second-order valence-electron chi connectivity index (χ2n) is 6.34.